The van der Waals surface area contributed by atoms with E-state index in [9.17, 15) is 0 Å². The van der Waals surface area contributed by atoms with Gasteiger partial charge in [-0.05, 0) is 50.8 Å². The van der Waals surface area contributed by atoms with E-state index >= 15 is 0 Å². The number of anilines is 2. The molecule has 3 heterocycles. The van der Waals surface area contributed by atoms with Gasteiger partial charge in [0.15, 0.2) is 0 Å². The second-order valence-corrected chi connectivity index (χ2v) is 9.49. The number of rotatable bonds is 6. The smallest absolute Gasteiger partial charge is 0.246 e. The molecule has 170 valence electrons. The summed E-state index contributed by atoms with van der Waals surface area (Å²) >= 11 is 6.08. The summed E-state index contributed by atoms with van der Waals surface area (Å²) < 4.78 is 12.1. The second-order valence-electron chi connectivity index (χ2n) is 9.05. The Morgan fingerprint density at radius 2 is 1.97 bits per heavy atom. The number of morpholine rings is 1. The molecule has 0 aliphatic carbocycles. The molecule has 8 nitrogen and oxygen atoms in total. The van der Waals surface area contributed by atoms with Gasteiger partial charge in [-0.1, -0.05) is 23.7 Å². The van der Waals surface area contributed by atoms with Crippen LogP contribution in [0, 0.1) is 0 Å². The lowest BCUT2D eigenvalue weighted by Crippen LogP contribution is -2.61. The molecule has 2 saturated heterocycles. The average Bonchev–Trinajstić information content (AvgIpc) is 3.22. The van der Waals surface area contributed by atoms with Crippen molar-refractivity contribution >= 4 is 23.5 Å². The number of nitrogen functional groups attached to an aromatic ring is 1. The van der Waals surface area contributed by atoms with Crippen molar-refractivity contribution in [3.05, 3.63) is 34.9 Å². The fourth-order valence-electron chi connectivity index (χ4n) is 4.59. The highest BCUT2D eigenvalue weighted by molar-refractivity contribution is 6.30. The van der Waals surface area contributed by atoms with Crippen molar-refractivity contribution in [1.29, 1.82) is 0 Å². The number of benzene rings is 1. The average molecular weight is 449 g/mol. The summed E-state index contributed by atoms with van der Waals surface area (Å²) in [5.74, 6) is 1.05. The lowest BCUT2D eigenvalue weighted by molar-refractivity contribution is -0.165. The van der Waals surface area contributed by atoms with E-state index in [2.05, 4.69) is 51.0 Å². The molecule has 2 aliphatic heterocycles. The molecule has 2 aliphatic rings. The highest BCUT2D eigenvalue weighted by atomic mass is 35.5. The van der Waals surface area contributed by atoms with Gasteiger partial charge in [0.2, 0.25) is 11.9 Å². The van der Waals surface area contributed by atoms with E-state index in [0.29, 0.717) is 30.6 Å². The molecule has 2 atom stereocenters. The molecule has 31 heavy (non-hydrogen) atoms. The maximum atomic E-state index is 6.32. The Labute approximate surface area is 189 Å². The Hall–Kier alpha value is -1.87. The minimum atomic E-state index is -0.333. The quantitative estimate of drug-likeness (QED) is 0.701. The number of aromatic nitrogens is 3. The number of nitrogens with one attached hydrogen (secondary N) is 1. The van der Waals surface area contributed by atoms with Gasteiger partial charge < -0.3 is 20.1 Å². The Morgan fingerprint density at radius 3 is 2.58 bits per heavy atom. The third-order valence-corrected chi connectivity index (χ3v) is 6.98. The van der Waals surface area contributed by atoms with Crippen molar-refractivity contribution in [3.8, 4) is 0 Å². The molecular formula is C22H33ClN6O2. The van der Waals surface area contributed by atoms with Crippen molar-refractivity contribution in [1.82, 2.24) is 20.1 Å². The Bertz CT molecular complexity index is 850. The first-order chi connectivity index (χ1) is 14.9. The first-order valence-electron chi connectivity index (χ1n) is 11.0. The number of H-pyrrole nitrogens is 1. The fourth-order valence-corrected chi connectivity index (χ4v) is 4.71. The third-order valence-electron chi connectivity index (χ3n) is 6.73. The number of nitrogens with zero attached hydrogens (tertiary/aromatic N) is 4. The topological polar surface area (TPSA) is 92.5 Å². The number of nitrogens with two attached hydrogens (primary N) is 1. The van der Waals surface area contributed by atoms with E-state index in [0.717, 1.165) is 43.9 Å². The van der Waals surface area contributed by atoms with Gasteiger partial charge in [0.1, 0.15) is 0 Å². The first kappa shape index (κ1) is 22.3. The van der Waals surface area contributed by atoms with Crippen molar-refractivity contribution < 1.29 is 9.47 Å². The van der Waals surface area contributed by atoms with E-state index < -0.39 is 0 Å². The van der Waals surface area contributed by atoms with E-state index in [1.54, 1.807) is 7.11 Å². The van der Waals surface area contributed by atoms with Crippen LogP contribution in [0.3, 0.4) is 0 Å². The first-order valence-corrected chi connectivity index (χ1v) is 11.3. The minimum absolute atomic E-state index is 0.0322. The lowest BCUT2D eigenvalue weighted by Gasteiger charge is -2.49. The Balaban J connectivity index is 1.47. The molecule has 0 radical (unpaired) electrons. The van der Waals surface area contributed by atoms with Gasteiger partial charge in [-0.25, -0.2) is 5.10 Å². The third kappa shape index (κ3) is 5.14. The van der Waals surface area contributed by atoms with Crippen LogP contribution in [0.4, 0.5) is 11.9 Å². The van der Waals surface area contributed by atoms with Crippen molar-refractivity contribution in [2.75, 3.05) is 44.0 Å². The number of piperidine rings is 1. The predicted molar refractivity (Wildman–Crippen MR) is 123 cm³/mol. The molecule has 2 aromatic rings. The molecular weight excluding hydrogens is 416 g/mol. The number of halogens is 1. The lowest BCUT2D eigenvalue weighted by atomic mass is 9.92. The highest BCUT2D eigenvalue weighted by Crippen LogP contribution is 2.30. The van der Waals surface area contributed by atoms with Crippen LogP contribution in [0.1, 0.15) is 32.3 Å². The fraction of sp³-hybridized carbons (Fsp3) is 0.636. The van der Waals surface area contributed by atoms with Crippen LogP contribution in [0.15, 0.2) is 24.3 Å². The van der Waals surface area contributed by atoms with E-state index in [1.165, 1.54) is 5.56 Å². The predicted octanol–water partition coefficient (Wildman–Crippen LogP) is 2.75. The molecule has 9 heteroatoms. The maximum Gasteiger partial charge on any atom is 0.246 e. The van der Waals surface area contributed by atoms with E-state index in [4.69, 9.17) is 26.8 Å². The second kappa shape index (κ2) is 9.32. The van der Waals surface area contributed by atoms with Gasteiger partial charge in [-0.2, -0.15) is 4.98 Å². The van der Waals surface area contributed by atoms with Gasteiger partial charge in [0.05, 0.1) is 18.3 Å². The highest BCUT2D eigenvalue weighted by Gasteiger charge is 2.41. The number of hydrogen-bond acceptors (Lipinski definition) is 7. The van der Waals surface area contributed by atoms with Crippen molar-refractivity contribution in [2.24, 2.45) is 0 Å². The molecule has 1 aromatic carbocycles. The zero-order chi connectivity index (χ0) is 22.0. The van der Waals surface area contributed by atoms with Gasteiger partial charge in [0.25, 0.3) is 0 Å². The SMILES string of the molecule is COC(C)(C)[C@H]1CN(C2CCN(c3n[nH]c(N)n3)CC2)[C@@H](Cc2ccc(Cl)cc2)CO1. The van der Waals surface area contributed by atoms with Crippen LogP contribution in [0.2, 0.25) is 5.02 Å². The van der Waals surface area contributed by atoms with Crippen LogP contribution in [-0.4, -0.2) is 77.2 Å². The summed E-state index contributed by atoms with van der Waals surface area (Å²) in [7, 11) is 1.76. The number of aromatic amines is 1. The summed E-state index contributed by atoms with van der Waals surface area (Å²) in [6.07, 6.45) is 3.07. The summed E-state index contributed by atoms with van der Waals surface area (Å²) in [6.45, 7) is 7.57. The van der Waals surface area contributed by atoms with Crippen molar-refractivity contribution in [3.63, 3.8) is 0 Å². The monoisotopic (exact) mass is 448 g/mol. The van der Waals surface area contributed by atoms with Gasteiger partial charge in [-0.3, -0.25) is 4.90 Å². The molecule has 0 amide bonds. The molecule has 1 aromatic heterocycles. The normalized spacial score (nSPS) is 23.9. The Morgan fingerprint density at radius 1 is 1.26 bits per heavy atom. The molecule has 0 spiro atoms. The van der Waals surface area contributed by atoms with E-state index in [1.807, 2.05) is 12.1 Å². The minimum Gasteiger partial charge on any atom is -0.376 e. The molecule has 3 N–H and O–H groups in total. The van der Waals surface area contributed by atoms with Gasteiger partial charge >= 0.3 is 0 Å². The molecule has 0 bridgehead atoms. The zero-order valence-electron chi connectivity index (χ0n) is 18.6. The van der Waals surface area contributed by atoms with Crippen LogP contribution in [-0.2, 0) is 15.9 Å². The number of hydrogen-bond donors (Lipinski definition) is 2. The largest absolute Gasteiger partial charge is 0.376 e. The maximum absolute atomic E-state index is 6.32. The summed E-state index contributed by atoms with van der Waals surface area (Å²) in [5, 5.41) is 7.71. The molecule has 4 rings (SSSR count). The number of ether oxygens (including phenoxy) is 2. The number of methoxy groups -OCH3 is 1. The summed E-state index contributed by atoms with van der Waals surface area (Å²) in [4.78, 5) is 9.13. The molecule has 0 unspecified atom stereocenters. The van der Waals surface area contributed by atoms with Crippen molar-refractivity contribution in [2.45, 2.75) is 56.9 Å². The van der Waals surface area contributed by atoms with Crippen LogP contribution >= 0.6 is 11.6 Å². The summed E-state index contributed by atoms with van der Waals surface area (Å²) in [5.41, 5.74) is 6.65. The molecule has 0 saturated carbocycles. The van der Waals surface area contributed by atoms with Gasteiger partial charge in [0, 0.05) is 43.9 Å². The van der Waals surface area contributed by atoms with E-state index in [-0.39, 0.29) is 11.7 Å². The van der Waals surface area contributed by atoms with Crippen LogP contribution < -0.4 is 10.6 Å². The standard InChI is InChI=1S/C22H33ClN6O2/c1-22(2,30-3)19-13-29(18(14-31-19)12-15-4-6-16(23)7-5-15)17-8-10-28(11-9-17)21-25-20(24)26-27-21/h4-7,17-19H,8-14H2,1-3H3,(H3,24,25,26,27)/t18-,19+/m0/s1. The molecule has 2 fully saturated rings. The van der Waals surface area contributed by atoms with Gasteiger partial charge in [-0.15, -0.1) is 5.10 Å². The van der Waals surface area contributed by atoms with Crippen LogP contribution in [0.25, 0.3) is 0 Å². The Kier molecular flexibility index (Phi) is 6.71. The zero-order valence-corrected chi connectivity index (χ0v) is 19.3. The van der Waals surface area contributed by atoms with Crippen LogP contribution in [0.5, 0.6) is 0 Å². The summed E-state index contributed by atoms with van der Waals surface area (Å²) in [6, 6.07) is 8.94.